The molecule has 0 amide bonds. The number of hydrogen-bond donors (Lipinski definition) is 0. The van der Waals surface area contributed by atoms with E-state index in [2.05, 4.69) is 0 Å². The van der Waals surface area contributed by atoms with Gasteiger partial charge in [-0.3, -0.25) is 9.59 Å². The third-order valence-corrected chi connectivity index (χ3v) is 2.05. The summed E-state index contributed by atoms with van der Waals surface area (Å²) in [5, 5.41) is 0. The van der Waals surface area contributed by atoms with Crippen molar-refractivity contribution in [2.45, 2.75) is 0 Å². The Morgan fingerprint density at radius 2 is 1.36 bits per heavy atom. The fourth-order valence-electron chi connectivity index (χ4n) is 1.32. The van der Waals surface area contributed by atoms with Crippen LogP contribution in [0.25, 0.3) is 11.1 Å². The molecule has 2 aliphatic carbocycles. The normalized spacial score (nSPS) is 10.0. The van der Waals surface area contributed by atoms with E-state index < -0.39 is 10.9 Å². The van der Waals surface area contributed by atoms with Crippen molar-refractivity contribution in [3.8, 4) is 11.1 Å². The molecule has 0 bridgehead atoms. The molecule has 2 aliphatic rings. The maximum Gasteiger partial charge on any atom is 0.226 e. The monoisotopic (exact) mass is 184 g/mol. The summed E-state index contributed by atoms with van der Waals surface area (Å²) in [6.07, 6.45) is 0. The quantitative estimate of drug-likeness (QED) is 0.581. The molecule has 0 atom stereocenters. The Hall–Kier alpha value is -1.96. The number of rotatable bonds is 0. The summed E-state index contributed by atoms with van der Waals surface area (Å²) in [6, 6.07) is 13.6. The van der Waals surface area contributed by atoms with Gasteiger partial charge in [0.15, 0.2) is 0 Å². The van der Waals surface area contributed by atoms with Crippen LogP contribution in [0.4, 0.5) is 0 Å². The molecular formula is C12H8O2. The minimum atomic E-state index is -0.469. The molecule has 14 heavy (non-hydrogen) atoms. The topological polar surface area (TPSA) is 34.1 Å². The average molecular weight is 184 g/mol. The molecule has 0 aromatic heterocycles. The average Bonchev–Trinajstić information content (AvgIpc) is 2.45. The summed E-state index contributed by atoms with van der Waals surface area (Å²) in [5.74, 6) is 0. The van der Waals surface area contributed by atoms with Crippen molar-refractivity contribution in [2.75, 3.05) is 0 Å². The smallest absolute Gasteiger partial charge is 0.226 e. The Labute approximate surface area is 80.8 Å². The largest absolute Gasteiger partial charge is 0.286 e. The van der Waals surface area contributed by atoms with Crippen molar-refractivity contribution >= 4 is 0 Å². The molecule has 0 radical (unpaired) electrons. The molecule has 2 nitrogen and oxygen atoms in total. The maximum atomic E-state index is 11.2. The Morgan fingerprint density at radius 1 is 0.643 bits per heavy atom. The Bertz CT molecular complexity index is 546. The SMILES string of the molecule is O=c1ccc2cccccc-2cc1=O. The van der Waals surface area contributed by atoms with Crippen LogP contribution in [0.3, 0.4) is 0 Å². The van der Waals surface area contributed by atoms with E-state index in [9.17, 15) is 9.59 Å². The van der Waals surface area contributed by atoms with Gasteiger partial charge in [0.2, 0.25) is 10.9 Å². The highest BCUT2D eigenvalue weighted by molar-refractivity contribution is 5.62. The summed E-state index contributed by atoms with van der Waals surface area (Å²) < 4.78 is 0. The molecule has 0 saturated heterocycles. The van der Waals surface area contributed by atoms with E-state index in [1.54, 1.807) is 6.07 Å². The zero-order valence-corrected chi connectivity index (χ0v) is 7.44. The molecule has 0 N–H and O–H groups in total. The standard InChI is InChI=1S/C12H8O2/c13-11-7-6-9-4-2-1-3-5-10(9)8-12(11)14/h1-8H. The predicted molar refractivity (Wildman–Crippen MR) is 55.6 cm³/mol. The molecule has 0 aromatic carbocycles. The van der Waals surface area contributed by atoms with Gasteiger partial charge < -0.3 is 0 Å². The van der Waals surface area contributed by atoms with Gasteiger partial charge in [-0.25, -0.2) is 0 Å². The molecule has 0 aliphatic heterocycles. The lowest BCUT2D eigenvalue weighted by Gasteiger charge is -1.90. The zero-order valence-electron chi connectivity index (χ0n) is 7.44. The fraction of sp³-hybridized carbons (Fsp3) is 0. The van der Waals surface area contributed by atoms with Crippen LogP contribution in [-0.2, 0) is 0 Å². The predicted octanol–water partition coefficient (Wildman–Crippen LogP) is 1.51. The summed E-state index contributed by atoms with van der Waals surface area (Å²) in [7, 11) is 0. The van der Waals surface area contributed by atoms with Gasteiger partial charge in [-0.1, -0.05) is 36.4 Å². The van der Waals surface area contributed by atoms with Crippen LogP contribution in [0.1, 0.15) is 0 Å². The molecule has 0 heterocycles. The van der Waals surface area contributed by atoms with Crippen LogP contribution in [0.2, 0.25) is 0 Å². The van der Waals surface area contributed by atoms with Crippen LogP contribution < -0.4 is 10.9 Å². The van der Waals surface area contributed by atoms with Crippen molar-refractivity contribution in [2.24, 2.45) is 0 Å². The van der Waals surface area contributed by atoms with Gasteiger partial charge in [-0.15, -0.1) is 0 Å². The first-order chi connectivity index (χ1) is 6.77. The second kappa shape index (κ2) is 3.42. The molecule has 0 saturated carbocycles. The highest BCUT2D eigenvalue weighted by Crippen LogP contribution is 2.15. The molecular weight excluding hydrogens is 176 g/mol. The van der Waals surface area contributed by atoms with Gasteiger partial charge in [-0.2, -0.15) is 0 Å². The van der Waals surface area contributed by atoms with E-state index in [-0.39, 0.29) is 0 Å². The van der Waals surface area contributed by atoms with E-state index in [1.807, 2.05) is 30.3 Å². The third kappa shape index (κ3) is 1.55. The minimum absolute atomic E-state index is 0.466. The number of fused-ring (bicyclic) bond motifs is 1. The number of hydrogen-bond acceptors (Lipinski definition) is 2. The Kier molecular flexibility index (Phi) is 2.11. The highest BCUT2D eigenvalue weighted by Gasteiger charge is 1.98. The van der Waals surface area contributed by atoms with E-state index in [0.29, 0.717) is 0 Å². The first kappa shape index (κ1) is 8.63. The van der Waals surface area contributed by atoms with Gasteiger partial charge in [0.05, 0.1) is 0 Å². The van der Waals surface area contributed by atoms with Crippen LogP contribution >= 0.6 is 0 Å². The molecule has 0 spiro atoms. The fourth-order valence-corrected chi connectivity index (χ4v) is 1.32. The second-order valence-electron chi connectivity index (χ2n) is 3.03. The van der Waals surface area contributed by atoms with Crippen molar-refractivity contribution in [3.63, 3.8) is 0 Å². The van der Waals surface area contributed by atoms with Crippen molar-refractivity contribution < 1.29 is 0 Å². The van der Waals surface area contributed by atoms with E-state index in [4.69, 9.17) is 0 Å². The van der Waals surface area contributed by atoms with E-state index in [0.717, 1.165) is 11.1 Å². The van der Waals surface area contributed by atoms with Crippen molar-refractivity contribution in [3.05, 3.63) is 69.0 Å². The maximum absolute atomic E-state index is 11.2. The lowest BCUT2D eigenvalue weighted by molar-refractivity contribution is 1.54. The van der Waals surface area contributed by atoms with Gasteiger partial charge in [0.25, 0.3) is 0 Å². The van der Waals surface area contributed by atoms with Crippen molar-refractivity contribution in [1.82, 2.24) is 0 Å². The van der Waals surface area contributed by atoms with E-state index >= 15 is 0 Å². The van der Waals surface area contributed by atoms with Crippen LogP contribution in [-0.4, -0.2) is 0 Å². The summed E-state index contributed by atoms with van der Waals surface area (Å²) >= 11 is 0. The molecule has 0 unspecified atom stereocenters. The van der Waals surface area contributed by atoms with Gasteiger partial charge in [-0.05, 0) is 23.3 Å². The molecule has 68 valence electrons. The zero-order chi connectivity index (χ0) is 9.97. The van der Waals surface area contributed by atoms with Gasteiger partial charge in [0, 0.05) is 0 Å². The summed E-state index contributed by atoms with van der Waals surface area (Å²) in [4.78, 5) is 22.3. The first-order valence-electron chi connectivity index (χ1n) is 4.31. The lowest BCUT2D eigenvalue weighted by Crippen LogP contribution is -2.17. The molecule has 0 aromatic rings. The van der Waals surface area contributed by atoms with E-state index in [1.165, 1.54) is 12.1 Å². The molecule has 2 heteroatoms. The van der Waals surface area contributed by atoms with Crippen molar-refractivity contribution in [1.29, 1.82) is 0 Å². The molecule has 2 rings (SSSR count). The van der Waals surface area contributed by atoms with Crippen LogP contribution in [0, 0.1) is 0 Å². The summed E-state index contributed by atoms with van der Waals surface area (Å²) in [5.41, 5.74) is 0.728. The third-order valence-electron chi connectivity index (χ3n) is 2.05. The highest BCUT2D eigenvalue weighted by atomic mass is 16.2. The molecule has 0 fully saturated rings. The van der Waals surface area contributed by atoms with Gasteiger partial charge in [0.1, 0.15) is 0 Å². The first-order valence-corrected chi connectivity index (χ1v) is 4.31. The summed E-state index contributed by atoms with van der Waals surface area (Å²) in [6.45, 7) is 0. The lowest BCUT2D eigenvalue weighted by atomic mass is 10.1. The van der Waals surface area contributed by atoms with Crippen LogP contribution in [0.5, 0.6) is 0 Å². The Balaban J connectivity index is 2.92. The van der Waals surface area contributed by atoms with Gasteiger partial charge >= 0.3 is 0 Å². The second-order valence-corrected chi connectivity index (χ2v) is 3.03. The minimum Gasteiger partial charge on any atom is -0.286 e. The Morgan fingerprint density at radius 3 is 2.14 bits per heavy atom. The van der Waals surface area contributed by atoms with Crippen LogP contribution in [0.15, 0.2) is 58.1 Å².